The second-order valence-electron chi connectivity index (χ2n) is 17.8. The van der Waals surface area contributed by atoms with Crippen molar-refractivity contribution in [3.8, 4) is 10.4 Å². The maximum Gasteiger partial charge on any atom is 0.737 e. The second kappa shape index (κ2) is 22.6. The Morgan fingerprint density at radius 2 is 1.61 bits per heavy atom. The Morgan fingerprint density at radius 1 is 0.939 bits per heavy atom. The summed E-state index contributed by atoms with van der Waals surface area (Å²) >= 11 is 1.56. The first-order valence-electron chi connectivity index (χ1n) is 22.3. The minimum Gasteiger partial charge on any atom is -0.394 e. The molecule has 1 fully saturated rings. The molecule has 4 N–H and O–H groups in total. The van der Waals surface area contributed by atoms with Gasteiger partial charge < -0.3 is 62.5 Å². The minimum absolute atomic E-state index is 0.0312. The Labute approximate surface area is 388 Å². The van der Waals surface area contributed by atoms with Gasteiger partial charge in [-0.15, -0.1) is 11.3 Å². The van der Waals surface area contributed by atoms with Crippen LogP contribution >= 0.6 is 11.3 Å². The van der Waals surface area contributed by atoms with Gasteiger partial charge in [0, 0.05) is 62.8 Å². The van der Waals surface area contributed by atoms with E-state index < -0.39 is 42.4 Å². The Bertz CT molecular complexity index is 2310. The lowest BCUT2D eigenvalue weighted by molar-refractivity contribution is -0.362. The first-order valence-corrected chi connectivity index (χ1v) is 23.2. The lowest BCUT2D eigenvalue weighted by Crippen LogP contribution is -2.58. The molecule has 4 amide bonds. The summed E-state index contributed by atoms with van der Waals surface area (Å²) in [5.41, 5.74) is 6.60. The van der Waals surface area contributed by atoms with Gasteiger partial charge in [0.05, 0.1) is 68.4 Å². The number of aryl methyl sites for hydroxylation is 3. The highest BCUT2D eigenvalue weighted by atomic mass is 32.1. The van der Waals surface area contributed by atoms with Crippen molar-refractivity contribution in [1.82, 2.24) is 30.3 Å². The third-order valence-corrected chi connectivity index (χ3v) is 12.6. The molecule has 358 valence electrons. The molecular weight excluding hydrogens is 875 g/mol. The van der Waals surface area contributed by atoms with Gasteiger partial charge in [-0.3, -0.25) is 19.2 Å². The number of benzene rings is 1. The fourth-order valence-corrected chi connectivity index (χ4v) is 9.11. The molecule has 0 bridgehead atoms. The first kappa shape index (κ1) is 50.3. The maximum atomic E-state index is 15.6. The van der Waals surface area contributed by atoms with E-state index in [4.69, 9.17) is 18.9 Å². The first-order chi connectivity index (χ1) is 31.4. The third-order valence-electron chi connectivity index (χ3n) is 11.6. The van der Waals surface area contributed by atoms with Gasteiger partial charge in [0.25, 0.3) is 0 Å². The molecule has 0 saturated carbocycles. The van der Waals surface area contributed by atoms with Gasteiger partial charge in [-0.05, 0) is 54.6 Å². The monoisotopic (exact) mass is 937 g/mol. The molecule has 3 aromatic rings. The molecule has 3 aliphatic rings. The number of nitrogens with one attached hydrogen (secondary N) is 3. The molecular formula is C46H62BF2N7O9S. The van der Waals surface area contributed by atoms with Crippen molar-refractivity contribution >= 4 is 53.7 Å². The Hall–Kier alpha value is -5.12. The number of aliphatic hydroxyl groups excluding tert-OH is 1. The lowest BCUT2D eigenvalue weighted by atomic mass is 9.85. The van der Waals surface area contributed by atoms with Crippen molar-refractivity contribution < 1.29 is 56.3 Å². The van der Waals surface area contributed by atoms with E-state index in [-0.39, 0.29) is 83.7 Å². The van der Waals surface area contributed by atoms with E-state index in [9.17, 15) is 24.3 Å². The highest BCUT2D eigenvalue weighted by molar-refractivity contribution is 7.13. The summed E-state index contributed by atoms with van der Waals surface area (Å²) in [7, 11) is 0. The van der Waals surface area contributed by atoms with Crippen LogP contribution in [0.1, 0.15) is 68.2 Å². The predicted octanol–water partition coefficient (Wildman–Crippen LogP) is 3.91. The van der Waals surface area contributed by atoms with E-state index in [0.29, 0.717) is 42.6 Å². The molecule has 3 aliphatic heterocycles. The summed E-state index contributed by atoms with van der Waals surface area (Å²) in [5.74, 6) is -1.61. The number of hydrogen-bond donors (Lipinski definition) is 4. The molecule has 16 nitrogen and oxygen atoms in total. The lowest BCUT2D eigenvalue weighted by Gasteiger charge is -2.35. The predicted molar refractivity (Wildman–Crippen MR) is 247 cm³/mol. The van der Waals surface area contributed by atoms with Gasteiger partial charge in [0.2, 0.25) is 23.6 Å². The summed E-state index contributed by atoms with van der Waals surface area (Å²) in [6, 6.07) is 7.69. The summed E-state index contributed by atoms with van der Waals surface area (Å²) in [6.45, 7) is 8.76. The largest absolute Gasteiger partial charge is 0.737 e. The van der Waals surface area contributed by atoms with Crippen molar-refractivity contribution in [2.24, 2.45) is 5.41 Å². The highest BCUT2D eigenvalue weighted by Crippen LogP contribution is 2.35. The molecule has 1 aromatic carbocycles. The third kappa shape index (κ3) is 12.7. The van der Waals surface area contributed by atoms with Crippen LogP contribution in [0.25, 0.3) is 16.5 Å². The SMILES string of the molecule is Cc1cc(C)n2c1C=C1C=CC(CCC(=O)NCCOCCOCCOCCOCC(=O)NC(C(=O)N3C[C@H](O)CC3C(=O)NCc3ccc(-c4scnc4C)cc3)C(C)(C)C)=[N+]1[B-]2(F)F. The topological polar surface area (TPSA) is 186 Å². The van der Waals surface area contributed by atoms with Gasteiger partial charge in [0.15, 0.2) is 5.70 Å². The molecule has 1 saturated heterocycles. The number of likely N-dealkylation sites (tertiary alicyclic amines) is 1. The van der Waals surface area contributed by atoms with Crippen LogP contribution < -0.4 is 16.0 Å². The normalized spacial score (nSPS) is 18.0. The number of ether oxygens (including phenoxy) is 4. The van der Waals surface area contributed by atoms with E-state index in [1.165, 1.54) is 4.90 Å². The van der Waals surface area contributed by atoms with Crippen LogP contribution in [-0.2, 0) is 44.7 Å². The molecule has 6 rings (SSSR count). The minimum atomic E-state index is -4.07. The van der Waals surface area contributed by atoms with E-state index in [2.05, 4.69) is 20.9 Å². The van der Waals surface area contributed by atoms with Gasteiger partial charge in [-0.2, -0.15) is 0 Å². The fourth-order valence-electron chi connectivity index (χ4n) is 8.30. The van der Waals surface area contributed by atoms with E-state index in [1.54, 1.807) is 48.1 Å². The Balaban J connectivity index is 0.795. The van der Waals surface area contributed by atoms with E-state index in [0.717, 1.165) is 36.2 Å². The second-order valence-corrected chi connectivity index (χ2v) is 18.6. The number of halogens is 2. The number of aliphatic hydroxyl groups is 1. The van der Waals surface area contributed by atoms with Gasteiger partial charge >= 0.3 is 6.97 Å². The number of β-amino-alcohol motifs (C(OH)–C–C–N with tert-alkyl or cyclic N) is 1. The van der Waals surface area contributed by atoms with Crippen LogP contribution in [0.15, 0.2) is 53.7 Å². The average Bonchev–Trinajstić information content (AvgIpc) is 4.06. The van der Waals surface area contributed by atoms with Crippen molar-refractivity contribution in [2.75, 3.05) is 65.9 Å². The fraction of sp³-hybridized carbons (Fsp3) is 0.522. The molecule has 5 heterocycles. The molecule has 0 radical (unpaired) electrons. The zero-order valence-corrected chi connectivity index (χ0v) is 39.4. The zero-order valence-electron chi connectivity index (χ0n) is 38.6. The molecule has 66 heavy (non-hydrogen) atoms. The van der Waals surface area contributed by atoms with Crippen LogP contribution in [0.4, 0.5) is 8.63 Å². The van der Waals surface area contributed by atoms with Crippen LogP contribution in [-0.4, -0.2) is 144 Å². The number of aromatic nitrogens is 2. The number of fused-ring (bicyclic) bond motifs is 2. The summed E-state index contributed by atoms with van der Waals surface area (Å²) in [5, 5.41) is 19.0. The summed E-state index contributed by atoms with van der Waals surface area (Å²) in [6.07, 6.45) is 4.52. The van der Waals surface area contributed by atoms with Gasteiger partial charge in [0.1, 0.15) is 24.4 Å². The van der Waals surface area contributed by atoms with Crippen LogP contribution in [0.3, 0.4) is 0 Å². The van der Waals surface area contributed by atoms with Crippen LogP contribution in [0.2, 0.25) is 0 Å². The number of thiazole rings is 1. The number of hydrogen-bond acceptors (Lipinski definition) is 11. The number of carbonyl (C=O) groups excluding carboxylic acids is 4. The molecule has 0 spiro atoms. The number of rotatable bonds is 23. The average molecular weight is 938 g/mol. The van der Waals surface area contributed by atoms with Crippen molar-refractivity contribution in [1.29, 1.82) is 0 Å². The smallest absolute Gasteiger partial charge is 0.394 e. The van der Waals surface area contributed by atoms with Crippen LogP contribution in [0.5, 0.6) is 0 Å². The molecule has 3 atom stereocenters. The molecule has 0 aliphatic carbocycles. The highest BCUT2D eigenvalue weighted by Gasteiger charge is 2.52. The molecule has 2 unspecified atom stereocenters. The number of amides is 4. The van der Waals surface area contributed by atoms with Crippen molar-refractivity contribution in [2.45, 2.75) is 85.5 Å². The van der Waals surface area contributed by atoms with Gasteiger partial charge in [-0.1, -0.05) is 45.0 Å². The molecule has 2 aromatic heterocycles. The van der Waals surface area contributed by atoms with Crippen molar-refractivity contribution in [3.63, 3.8) is 0 Å². The van der Waals surface area contributed by atoms with Crippen molar-refractivity contribution in [3.05, 3.63) is 81.9 Å². The summed E-state index contributed by atoms with van der Waals surface area (Å²) in [4.78, 5) is 59.4. The van der Waals surface area contributed by atoms with E-state index >= 15 is 8.63 Å². The Morgan fingerprint density at radius 3 is 2.26 bits per heavy atom. The standard InChI is InChI=1S/C46H62BF2N7O9S/c1-30-23-31(2)55-38(30)24-36-12-11-35(56(36)47(55,48)49)13-14-40(58)50-15-16-62-17-18-63-19-20-64-21-22-65-28-41(59)53-43(46(4,5)6)45(61)54-27-37(57)25-39(54)44(60)51-26-33-7-9-34(10-8-33)42-32(3)52-29-66-42/h7-12,23-24,29,37,39,43,57H,13-22,25-28H2,1-6H3,(H,50,58)(H,51,60)(H,53,59)/t37-,39?,43?/m1/s1. The number of carbonyl (C=O) groups is 4. The maximum absolute atomic E-state index is 15.6. The number of allylic oxidation sites excluding steroid dienone is 2. The quantitative estimate of drug-likeness (QED) is 0.0804. The Kier molecular flexibility index (Phi) is 17.2. The van der Waals surface area contributed by atoms with Crippen LogP contribution in [0, 0.1) is 26.2 Å². The summed E-state index contributed by atoms with van der Waals surface area (Å²) < 4.78 is 55.4. The zero-order chi connectivity index (χ0) is 47.6. The van der Waals surface area contributed by atoms with E-state index in [1.807, 2.05) is 58.9 Å². The van der Waals surface area contributed by atoms with Gasteiger partial charge in [-0.25, -0.2) is 4.98 Å². The molecule has 20 heteroatoms. The number of nitrogens with zero attached hydrogens (tertiary/aromatic N) is 4.